The Morgan fingerprint density at radius 2 is 1.75 bits per heavy atom. The van der Waals surface area contributed by atoms with Crippen LogP contribution in [0, 0.1) is 5.21 Å². The van der Waals surface area contributed by atoms with Crippen LogP contribution in [0.1, 0.15) is 47.5 Å². The van der Waals surface area contributed by atoms with Gasteiger partial charge in [-0.1, -0.05) is 0 Å². The van der Waals surface area contributed by atoms with Gasteiger partial charge in [-0.25, -0.2) is 0 Å². The van der Waals surface area contributed by atoms with Crippen LogP contribution < -0.4 is 0 Å². The summed E-state index contributed by atoms with van der Waals surface area (Å²) in [6.07, 6.45) is 1.04. The van der Waals surface area contributed by atoms with Crippen LogP contribution in [0.4, 0.5) is 0 Å². The fraction of sp³-hybridized carbons (Fsp3) is 1.00. The summed E-state index contributed by atoms with van der Waals surface area (Å²) in [5, 5.41) is 22.4. The summed E-state index contributed by atoms with van der Waals surface area (Å²) in [7, 11) is 0. The third-order valence-corrected chi connectivity index (χ3v) is 3.13. The van der Waals surface area contributed by atoms with Crippen molar-refractivity contribution in [1.82, 2.24) is 5.06 Å². The Morgan fingerprint density at radius 1 is 1.31 bits per heavy atom. The van der Waals surface area contributed by atoms with Gasteiger partial charge in [0.05, 0.1) is 18.8 Å². The normalized spacial score (nSPS) is 27.9. The highest BCUT2D eigenvalue weighted by atomic mass is 16.5. The molecule has 1 rings (SSSR count). The highest BCUT2D eigenvalue weighted by molar-refractivity contribution is 5.00. The molecular formula is C12H24NO3-. The highest BCUT2D eigenvalue weighted by Gasteiger charge is 2.40. The van der Waals surface area contributed by atoms with Crippen molar-refractivity contribution < 1.29 is 9.84 Å². The minimum Gasteiger partial charge on any atom is -0.784 e. The van der Waals surface area contributed by atoms with Gasteiger partial charge in [0.15, 0.2) is 0 Å². The Bertz CT molecular complexity index is 220. The number of piperidine rings is 1. The first-order chi connectivity index (χ1) is 7.15. The quantitative estimate of drug-likeness (QED) is 0.804. The lowest BCUT2D eigenvalue weighted by Crippen LogP contribution is -2.59. The van der Waals surface area contributed by atoms with Gasteiger partial charge < -0.3 is 20.1 Å². The van der Waals surface area contributed by atoms with Crippen LogP contribution in [0.5, 0.6) is 0 Å². The predicted octanol–water partition coefficient (Wildman–Crippen LogP) is 1.90. The molecular weight excluding hydrogens is 206 g/mol. The van der Waals surface area contributed by atoms with Crippen LogP contribution in [-0.4, -0.2) is 40.1 Å². The molecule has 1 atom stereocenters. The van der Waals surface area contributed by atoms with Crippen LogP contribution in [0.3, 0.4) is 0 Å². The molecule has 0 radical (unpaired) electrons. The van der Waals surface area contributed by atoms with E-state index in [0.29, 0.717) is 19.4 Å². The molecule has 0 spiro atoms. The Morgan fingerprint density at radius 3 is 2.12 bits per heavy atom. The molecule has 0 saturated carbocycles. The van der Waals surface area contributed by atoms with Crippen molar-refractivity contribution in [2.45, 2.75) is 70.7 Å². The number of hydroxylamine groups is 2. The molecule has 0 bridgehead atoms. The molecule has 0 aliphatic carbocycles. The smallest absolute Gasteiger partial charge is 0.0745 e. The fourth-order valence-corrected chi connectivity index (χ4v) is 2.56. The second kappa shape index (κ2) is 4.61. The monoisotopic (exact) mass is 230 g/mol. The van der Waals surface area contributed by atoms with Crippen molar-refractivity contribution in [3.63, 3.8) is 0 Å². The molecule has 1 fully saturated rings. The van der Waals surface area contributed by atoms with Crippen LogP contribution in [0.2, 0.25) is 0 Å². The molecule has 0 aromatic heterocycles. The van der Waals surface area contributed by atoms with Crippen LogP contribution in [-0.2, 0) is 4.74 Å². The lowest BCUT2D eigenvalue weighted by Gasteiger charge is -2.59. The molecule has 1 heterocycles. The Balaban J connectivity index is 2.64. The van der Waals surface area contributed by atoms with Crippen LogP contribution in [0.15, 0.2) is 0 Å². The van der Waals surface area contributed by atoms with Gasteiger partial charge in [-0.15, -0.1) is 0 Å². The number of nitrogens with zero attached hydrogens (tertiary/aromatic N) is 1. The summed E-state index contributed by atoms with van der Waals surface area (Å²) < 4.78 is 5.65. The molecule has 4 heteroatoms. The predicted molar refractivity (Wildman–Crippen MR) is 64.0 cm³/mol. The van der Waals surface area contributed by atoms with Gasteiger partial charge in [-0.2, -0.15) is 0 Å². The second-order valence-corrected chi connectivity index (χ2v) is 6.13. The number of hydrogen-bond acceptors (Lipinski definition) is 4. The zero-order chi connectivity index (χ0) is 12.6. The van der Waals surface area contributed by atoms with E-state index in [1.165, 1.54) is 5.06 Å². The van der Waals surface area contributed by atoms with Gasteiger partial charge in [0.25, 0.3) is 0 Å². The number of aliphatic hydroxyl groups is 1. The Labute approximate surface area is 98.2 Å². The average molecular weight is 230 g/mol. The van der Waals surface area contributed by atoms with E-state index in [0.717, 1.165) is 0 Å². The first kappa shape index (κ1) is 13.9. The molecule has 1 aliphatic rings. The maximum absolute atomic E-state index is 12.1. The van der Waals surface area contributed by atoms with Crippen LogP contribution in [0.25, 0.3) is 0 Å². The molecule has 1 saturated heterocycles. The minimum atomic E-state index is -0.448. The van der Waals surface area contributed by atoms with Gasteiger partial charge in [0, 0.05) is 11.1 Å². The summed E-state index contributed by atoms with van der Waals surface area (Å²) in [5.41, 5.74) is -0.795. The Hall–Kier alpha value is -0.160. The van der Waals surface area contributed by atoms with E-state index < -0.39 is 17.2 Å². The summed E-state index contributed by atoms with van der Waals surface area (Å²) in [5.74, 6) is 0. The molecule has 0 amide bonds. The minimum absolute atomic E-state index is 0.0600. The van der Waals surface area contributed by atoms with E-state index in [2.05, 4.69) is 0 Å². The number of ether oxygens (including phenoxy) is 1. The first-order valence-electron chi connectivity index (χ1n) is 5.92. The maximum Gasteiger partial charge on any atom is 0.0745 e. The van der Waals surface area contributed by atoms with Crippen molar-refractivity contribution in [2.24, 2.45) is 0 Å². The van der Waals surface area contributed by atoms with Crippen molar-refractivity contribution in [1.29, 1.82) is 0 Å². The van der Waals surface area contributed by atoms with Crippen LogP contribution >= 0.6 is 0 Å². The SMILES string of the molecule is CC(O)COC1CC(C)(C)N([O-])C(C)(C)C1. The summed E-state index contributed by atoms with van der Waals surface area (Å²) in [6.45, 7) is 9.83. The summed E-state index contributed by atoms with van der Waals surface area (Å²) >= 11 is 0. The van der Waals surface area contributed by atoms with Gasteiger partial charge in [-0.05, 0) is 47.5 Å². The van der Waals surface area contributed by atoms with E-state index in [-0.39, 0.29) is 6.10 Å². The van der Waals surface area contributed by atoms with E-state index in [9.17, 15) is 10.3 Å². The maximum atomic E-state index is 12.1. The van der Waals surface area contributed by atoms with Gasteiger partial charge >= 0.3 is 0 Å². The summed E-state index contributed by atoms with van der Waals surface area (Å²) in [4.78, 5) is 0. The Kier molecular flexibility index (Phi) is 4.00. The average Bonchev–Trinajstić information content (AvgIpc) is 2.10. The number of rotatable bonds is 3. The standard InChI is InChI=1S/C12H24NO3/c1-9(14)8-16-10-6-11(2,3)13(15)12(4,5)7-10/h9-10,14H,6-8H2,1-5H3/q-1. The molecule has 0 aromatic rings. The molecule has 0 aromatic carbocycles. The van der Waals surface area contributed by atoms with Crippen molar-refractivity contribution in [3.8, 4) is 0 Å². The molecule has 4 nitrogen and oxygen atoms in total. The lowest BCUT2D eigenvalue weighted by molar-refractivity contribution is -0.0950. The summed E-state index contributed by atoms with van der Waals surface area (Å²) in [6, 6.07) is 0. The van der Waals surface area contributed by atoms with E-state index in [1.807, 2.05) is 27.7 Å². The first-order valence-corrected chi connectivity index (χ1v) is 5.92. The van der Waals surface area contributed by atoms with E-state index in [4.69, 9.17) is 4.74 Å². The van der Waals surface area contributed by atoms with Crippen molar-refractivity contribution in [3.05, 3.63) is 5.21 Å². The molecule has 1 N–H and O–H groups in total. The molecule has 1 aliphatic heterocycles. The van der Waals surface area contributed by atoms with Gasteiger partial charge in [0.1, 0.15) is 0 Å². The van der Waals surface area contributed by atoms with Gasteiger partial charge in [0.2, 0.25) is 0 Å². The van der Waals surface area contributed by atoms with Crippen molar-refractivity contribution >= 4 is 0 Å². The zero-order valence-electron chi connectivity index (χ0n) is 11.0. The largest absolute Gasteiger partial charge is 0.784 e. The highest BCUT2D eigenvalue weighted by Crippen LogP contribution is 2.38. The van der Waals surface area contributed by atoms with Gasteiger partial charge in [-0.3, -0.25) is 0 Å². The zero-order valence-corrected chi connectivity index (χ0v) is 11.0. The third-order valence-electron chi connectivity index (χ3n) is 3.13. The van der Waals surface area contributed by atoms with E-state index in [1.54, 1.807) is 6.92 Å². The topological polar surface area (TPSA) is 55.8 Å². The molecule has 1 unspecified atom stereocenters. The lowest BCUT2D eigenvalue weighted by atomic mass is 9.80. The number of aliphatic hydroxyl groups excluding tert-OH is 1. The molecule has 16 heavy (non-hydrogen) atoms. The van der Waals surface area contributed by atoms with E-state index >= 15 is 0 Å². The third kappa shape index (κ3) is 3.17. The fourth-order valence-electron chi connectivity index (χ4n) is 2.56. The second-order valence-electron chi connectivity index (χ2n) is 6.13. The van der Waals surface area contributed by atoms with Crippen molar-refractivity contribution in [2.75, 3.05) is 6.61 Å². The molecule has 96 valence electrons. The number of hydrogen-bond donors (Lipinski definition) is 1.